The number of carbonyl (C=O) groups is 3. The maximum atomic E-state index is 11.3. The first-order valence-corrected chi connectivity index (χ1v) is 4.54. The summed E-state index contributed by atoms with van der Waals surface area (Å²) in [6.45, 7) is 2.88. The van der Waals surface area contributed by atoms with Gasteiger partial charge in [-0.15, -0.1) is 0 Å². The number of carbonyl (C=O) groups excluding carboxylic acids is 3. The van der Waals surface area contributed by atoms with Gasteiger partial charge in [-0.2, -0.15) is 5.26 Å². The van der Waals surface area contributed by atoms with Gasteiger partial charge in [0.05, 0.1) is 6.07 Å². The molecule has 0 saturated heterocycles. The van der Waals surface area contributed by atoms with E-state index in [9.17, 15) is 14.4 Å². The van der Waals surface area contributed by atoms with Gasteiger partial charge in [-0.1, -0.05) is 0 Å². The van der Waals surface area contributed by atoms with Gasteiger partial charge in [0.2, 0.25) is 5.91 Å². The van der Waals surface area contributed by atoms with Crippen LogP contribution in [0.5, 0.6) is 0 Å². The Labute approximate surface area is 93.0 Å². The number of hydrogen-bond acceptors (Lipinski definition) is 4. The number of nitrogens with two attached hydrogens (primary N) is 1. The van der Waals surface area contributed by atoms with Gasteiger partial charge in [0.15, 0.2) is 0 Å². The fraction of sp³-hybridized carbons (Fsp3) is 0.556. The minimum absolute atomic E-state index is 0.0791. The second kappa shape index (κ2) is 5.70. The van der Waals surface area contributed by atoms with Gasteiger partial charge in [0.1, 0.15) is 6.54 Å². The van der Waals surface area contributed by atoms with Gasteiger partial charge in [0, 0.05) is 12.0 Å². The van der Waals surface area contributed by atoms with Crippen molar-refractivity contribution in [3.8, 4) is 6.07 Å². The Hall–Kier alpha value is -2.10. The van der Waals surface area contributed by atoms with Crippen molar-refractivity contribution in [1.82, 2.24) is 10.6 Å². The highest BCUT2D eigenvalue weighted by atomic mass is 16.2. The molecule has 4 N–H and O–H groups in total. The van der Waals surface area contributed by atoms with Gasteiger partial charge >= 0.3 is 11.8 Å². The molecule has 0 bridgehead atoms. The van der Waals surface area contributed by atoms with Crippen LogP contribution >= 0.6 is 0 Å². The van der Waals surface area contributed by atoms with Crippen LogP contribution in [-0.4, -0.2) is 29.8 Å². The predicted octanol–water partition coefficient (Wildman–Crippen LogP) is -1.60. The van der Waals surface area contributed by atoms with E-state index in [1.807, 2.05) is 0 Å². The molecule has 0 fully saturated rings. The number of rotatable bonds is 4. The highest BCUT2D eigenvalue weighted by Gasteiger charge is 2.25. The minimum Gasteiger partial charge on any atom is -0.370 e. The Morgan fingerprint density at radius 3 is 2.31 bits per heavy atom. The van der Waals surface area contributed by atoms with Crippen molar-refractivity contribution in [2.75, 3.05) is 6.54 Å². The van der Waals surface area contributed by atoms with E-state index in [2.05, 4.69) is 10.6 Å². The fourth-order valence-electron chi connectivity index (χ4n) is 1.04. The molecule has 0 aromatic carbocycles. The summed E-state index contributed by atoms with van der Waals surface area (Å²) in [4.78, 5) is 33.0. The van der Waals surface area contributed by atoms with Gasteiger partial charge in [-0.25, -0.2) is 0 Å². The van der Waals surface area contributed by atoms with Crippen molar-refractivity contribution in [3.05, 3.63) is 0 Å². The van der Waals surface area contributed by atoms with Crippen molar-refractivity contribution in [3.63, 3.8) is 0 Å². The second-order valence-corrected chi connectivity index (χ2v) is 3.82. The molecule has 3 amide bonds. The number of nitrogens with one attached hydrogen (secondary N) is 2. The topological polar surface area (TPSA) is 125 Å². The Kier molecular flexibility index (Phi) is 4.95. The lowest BCUT2D eigenvalue weighted by Gasteiger charge is -2.24. The smallest absolute Gasteiger partial charge is 0.310 e. The number of nitrogens with zero attached hydrogens (tertiary/aromatic N) is 1. The maximum absolute atomic E-state index is 11.3. The molecule has 0 spiro atoms. The van der Waals surface area contributed by atoms with E-state index in [0.29, 0.717) is 0 Å². The van der Waals surface area contributed by atoms with Gasteiger partial charge in [0.25, 0.3) is 0 Å². The third-order valence-corrected chi connectivity index (χ3v) is 1.60. The van der Waals surface area contributed by atoms with Crippen molar-refractivity contribution >= 4 is 17.7 Å². The van der Waals surface area contributed by atoms with E-state index in [0.717, 1.165) is 0 Å². The van der Waals surface area contributed by atoms with Crippen LogP contribution in [0.1, 0.15) is 20.3 Å². The monoisotopic (exact) mass is 226 g/mol. The van der Waals surface area contributed by atoms with Crippen LogP contribution in [0.3, 0.4) is 0 Å². The molecule has 0 aliphatic carbocycles. The zero-order valence-electron chi connectivity index (χ0n) is 9.16. The summed E-state index contributed by atoms with van der Waals surface area (Å²) in [6, 6.07) is 1.66. The van der Waals surface area contributed by atoms with Crippen LogP contribution < -0.4 is 16.4 Å². The molecule has 0 aromatic heterocycles. The van der Waals surface area contributed by atoms with E-state index < -0.39 is 23.3 Å². The lowest BCUT2D eigenvalue weighted by atomic mass is 10.0. The normalized spacial score (nSPS) is 10.1. The average molecular weight is 226 g/mol. The van der Waals surface area contributed by atoms with Crippen molar-refractivity contribution < 1.29 is 14.4 Å². The number of nitriles is 1. The first-order chi connectivity index (χ1) is 7.28. The fourth-order valence-corrected chi connectivity index (χ4v) is 1.04. The molecule has 0 aliphatic rings. The largest absolute Gasteiger partial charge is 0.370 e. The van der Waals surface area contributed by atoms with Crippen LogP contribution in [0.15, 0.2) is 0 Å². The summed E-state index contributed by atoms with van der Waals surface area (Å²) < 4.78 is 0. The Bertz CT molecular complexity index is 343. The molecule has 0 saturated carbocycles. The summed E-state index contributed by atoms with van der Waals surface area (Å²) >= 11 is 0. The Morgan fingerprint density at radius 1 is 1.31 bits per heavy atom. The van der Waals surface area contributed by atoms with E-state index in [4.69, 9.17) is 11.0 Å². The third kappa shape index (κ3) is 5.59. The maximum Gasteiger partial charge on any atom is 0.310 e. The first-order valence-electron chi connectivity index (χ1n) is 4.54. The van der Waals surface area contributed by atoms with E-state index in [1.165, 1.54) is 0 Å². The molecule has 0 atom stereocenters. The number of amides is 3. The molecule has 7 nitrogen and oxygen atoms in total. The molecule has 16 heavy (non-hydrogen) atoms. The molecule has 0 rings (SSSR count). The molecule has 0 radical (unpaired) electrons. The quantitative estimate of drug-likeness (QED) is 0.394. The lowest BCUT2D eigenvalue weighted by molar-refractivity contribution is -0.140. The van der Waals surface area contributed by atoms with Gasteiger partial charge in [-0.3, -0.25) is 14.4 Å². The highest BCUT2D eigenvalue weighted by Crippen LogP contribution is 2.06. The van der Waals surface area contributed by atoms with Crippen LogP contribution in [0.4, 0.5) is 0 Å². The van der Waals surface area contributed by atoms with E-state index in [1.54, 1.807) is 19.9 Å². The Morgan fingerprint density at radius 2 is 1.88 bits per heavy atom. The highest BCUT2D eigenvalue weighted by molar-refractivity contribution is 6.35. The van der Waals surface area contributed by atoms with Crippen molar-refractivity contribution in [2.45, 2.75) is 25.8 Å². The summed E-state index contributed by atoms with van der Waals surface area (Å²) in [6.07, 6.45) is -0.0791. The van der Waals surface area contributed by atoms with E-state index in [-0.39, 0.29) is 13.0 Å². The summed E-state index contributed by atoms with van der Waals surface area (Å²) in [5, 5.41) is 12.6. The van der Waals surface area contributed by atoms with Crippen LogP contribution in [0, 0.1) is 11.3 Å². The lowest BCUT2D eigenvalue weighted by Crippen LogP contribution is -2.51. The average Bonchev–Trinajstić information content (AvgIpc) is 2.10. The molecule has 0 heterocycles. The summed E-state index contributed by atoms with van der Waals surface area (Å²) in [7, 11) is 0. The minimum atomic E-state index is -0.918. The molecular weight excluding hydrogens is 212 g/mol. The first kappa shape index (κ1) is 13.9. The number of hydrogen-bond donors (Lipinski definition) is 3. The van der Waals surface area contributed by atoms with Crippen LogP contribution in [0.2, 0.25) is 0 Å². The SMILES string of the molecule is CC(C)(CC(N)=O)NC(=O)C(=O)NCC#N. The molecular formula is C9H14N4O3. The standard InChI is InChI=1S/C9H14N4O3/c1-9(2,5-6(11)14)13-8(16)7(15)12-4-3-10/h4-5H2,1-2H3,(H2,11,14)(H,12,15)(H,13,16). The van der Waals surface area contributed by atoms with Gasteiger partial charge in [-0.05, 0) is 13.8 Å². The zero-order chi connectivity index (χ0) is 12.8. The predicted molar refractivity (Wildman–Crippen MR) is 54.7 cm³/mol. The zero-order valence-corrected chi connectivity index (χ0v) is 9.16. The second-order valence-electron chi connectivity index (χ2n) is 3.82. The molecule has 0 unspecified atom stereocenters. The number of primary amides is 1. The van der Waals surface area contributed by atoms with Crippen molar-refractivity contribution in [1.29, 1.82) is 5.26 Å². The Balaban J connectivity index is 4.28. The molecule has 0 aliphatic heterocycles. The van der Waals surface area contributed by atoms with Crippen LogP contribution in [-0.2, 0) is 14.4 Å². The van der Waals surface area contributed by atoms with Gasteiger partial charge < -0.3 is 16.4 Å². The molecule has 0 aromatic rings. The van der Waals surface area contributed by atoms with E-state index >= 15 is 0 Å². The third-order valence-electron chi connectivity index (χ3n) is 1.60. The van der Waals surface area contributed by atoms with Crippen LogP contribution in [0.25, 0.3) is 0 Å². The summed E-state index contributed by atoms with van der Waals surface area (Å²) in [5.74, 6) is -2.40. The molecule has 7 heteroatoms. The van der Waals surface area contributed by atoms with Crippen molar-refractivity contribution in [2.24, 2.45) is 5.73 Å². The molecule has 88 valence electrons. The summed E-state index contributed by atoms with van der Waals surface area (Å²) in [5.41, 5.74) is 4.08.